The molecule has 1 aromatic carbocycles. The van der Waals surface area contributed by atoms with Crippen LogP contribution < -0.4 is 4.74 Å². The van der Waals surface area contributed by atoms with Gasteiger partial charge in [-0.2, -0.15) is 26.3 Å². The molecule has 3 aromatic rings. The summed E-state index contributed by atoms with van der Waals surface area (Å²) in [4.78, 5) is 46.4. The predicted octanol–water partition coefficient (Wildman–Crippen LogP) is 9.11. The summed E-state index contributed by atoms with van der Waals surface area (Å²) in [6.07, 6.45) is -3.78. The van der Waals surface area contributed by atoms with Crippen LogP contribution in [0.1, 0.15) is 105 Å². The lowest BCUT2D eigenvalue weighted by molar-refractivity contribution is -0.161. The molecule has 0 N–H and O–H groups in total. The van der Waals surface area contributed by atoms with Crippen molar-refractivity contribution in [3.05, 3.63) is 81.8 Å². The molecular weight excluding hydrogens is 708 g/mol. The van der Waals surface area contributed by atoms with Gasteiger partial charge in [0.25, 0.3) is 11.8 Å². The van der Waals surface area contributed by atoms with Crippen LogP contribution in [-0.4, -0.2) is 63.7 Å². The van der Waals surface area contributed by atoms with Gasteiger partial charge in [-0.25, -0.2) is 0 Å². The Balaban J connectivity index is 1.51. The average molecular weight is 752 g/mol. The highest BCUT2D eigenvalue weighted by Crippen LogP contribution is 2.45. The van der Waals surface area contributed by atoms with Gasteiger partial charge in [-0.15, -0.1) is 11.3 Å². The maximum atomic E-state index is 15.0. The van der Waals surface area contributed by atoms with Crippen molar-refractivity contribution in [2.45, 2.75) is 107 Å². The Hall–Kier alpha value is -3.94. The van der Waals surface area contributed by atoms with Gasteiger partial charge in [0.05, 0.1) is 11.6 Å². The smallest absolute Gasteiger partial charge is 0.425 e. The van der Waals surface area contributed by atoms with Crippen LogP contribution in [-0.2, 0) is 27.4 Å². The molecule has 4 heterocycles. The third kappa shape index (κ3) is 8.47. The number of alkyl halides is 6. The molecule has 0 aliphatic carbocycles. The van der Waals surface area contributed by atoms with Crippen LogP contribution in [0.2, 0.25) is 0 Å². The van der Waals surface area contributed by atoms with Gasteiger partial charge in [0.15, 0.2) is 0 Å². The highest BCUT2D eigenvalue weighted by atomic mass is 32.1. The van der Waals surface area contributed by atoms with E-state index in [4.69, 9.17) is 4.74 Å². The second-order valence-electron chi connectivity index (χ2n) is 13.8. The van der Waals surface area contributed by atoms with Crippen LogP contribution in [0.15, 0.2) is 60.1 Å². The van der Waals surface area contributed by atoms with Crippen molar-refractivity contribution < 1.29 is 45.5 Å². The van der Waals surface area contributed by atoms with Crippen molar-refractivity contribution in [3.63, 3.8) is 0 Å². The third-order valence-electron chi connectivity index (χ3n) is 10.3. The number of likely N-dealkylation sites (tertiary alicyclic amines) is 2. The summed E-state index contributed by atoms with van der Waals surface area (Å²) in [6, 6.07) is 11.5. The van der Waals surface area contributed by atoms with Gasteiger partial charge < -0.3 is 19.3 Å². The van der Waals surface area contributed by atoms with E-state index in [2.05, 4.69) is 17.1 Å². The van der Waals surface area contributed by atoms with Crippen molar-refractivity contribution in [2.24, 2.45) is 0 Å². The number of thiophene rings is 1. The third-order valence-corrected chi connectivity index (χ3v) is 11.3. The molecule has 0 spiro atoms. The maximum Gasteiger partial charge on any atom is 0.425 e. The molecule has 2 atom stereocenters. The molecule has 2 saturated heterocycles. The van der Waals surface area contributed by atoms with Crippen LogP contribution in [0, 0.1) is 0 Å². The summed E-state index contributed by atoms with van der Waals surface area (Å²) in [5, 5.41) is 1.17. The second-order valence-corrected chi connectivity index (χ2v) is 14.7. The Morgan fingerprint density at radius 1 is 0.942 bits per heavy atom. The SMILES string of the molecule is CCC[C@H]1N(C(=O)c2ncccc2C(F)(F)F)CCC[C@@]1(Oc1csc(C(F)(F)F)c1)C(=O)N1CCC(CCCCC(C)=O)(c2ccccc2)CC1. The number of pyridine rings is 1. The Morgan fingerprint density at radius 2 is 1.65 bits per heavy atom. The minimum Gasteiger partial charge on any atom is -0.474 e. The molecule has 2 aliphatic rings. The van der Waals surface area contributed by atoms with Gasteiger partial charge in [0, 0.05) is 50.1 Å². The van der Waals surface area contributed by atoms with Crippen LogP contribution in [0.4, 0.5) is 26.3 Å². The maximum absolute atomic E-state index is 15.0. The van der Waals surface area contributed by atoms with Gasteiger partial charge in [-0.3, -0.25) is 14.6 Å². The van der Waals surface area contributed by atoms with Crippen molar-refractivity contribution in [2.75, 3.05) is 19.6 Å². The van der Waals surface area contributed by atoms with Crippen LogP contribution in [0.3, 0.4) is 0 Å². The van der Waals surface area contributed by atoms with E-state index in [0.717, 1.165) is 49.2 Å². The van der Waals surface area contributed by atoms with E-state index in [1.54, 1.807) is 18.7 Å². The van der Waals surface area contributed by atoms with Gasteiger partial charge in [-0.1, -0.05) is 50.1 Å². The highest BCUT2D eigenvalue weighted by Gasteiger charge is 2.56. The monoisotopic (exact) mass is 751 g/mol. The fourth-order valence-corrected chi connectivity index (χ4v) is 8.47. The van der Waals surface area contributed by atoms with Crippen LogP contribution in [0.5, 0.6) is 5.75 Å². The molecule has 0 radical (unpaired) electrons. The molecule has 5 rings (SSSR count). The molecule has 282 valence electrons. The molecule has 0 unspecified atom stereocenters. The fraction of sp³-hybridized carbons (Fsp3) is 0.526. The first-order valence-corrected chi connectivity index (χ1v) is 18.5. The standard InChI is InChI=1S/C38H43F6N3O4S/c1-3-11-30-36(51-28-24-31(52-25-28)38(42,43)44,17-10-21-47(30)33(49)32-29(37(39,40)41)15-9-20-45-32)34(50)46-22-18-35(19-23-46,16-8-7-12-26(2)48)27-13-5-4-6-14-27/h4-6,9,13-15,20,24-25,30H,3,7-8,10-12,16-19,21-23H2,1-2H3/t30-,36+/m1/s1. The fourth-order valence-electron chi connectivity index (χ4n) is 7.79. The number of nitrogens with zero attached hydrogens (tertiary/aromatic N) is 3. The number of hydrogen-bond acceptors (Lipinski definition) is 6. The van der Waals surface area contributed by atoms with Crippen molar-refractivity contribution >= 4 is 28.9 Å². The van der Waals surface area contributed by atoms with E-state index in [-0.39, 0.29) is 55.8 Å². The molecule has 2 aliphatic heterocycles. The first-order chi connectivity index (χ1) is 24.6. The van der Waals surface area contributed by atoms with E-state index in [1.165, 1.54) is 10.3 Å². The first kappa shape index (κ1) is 39.3. The van der Waals surface area contributed by atoms with Crippen molar-refractivity contribution in [1.82, 2.24) is 14.8 Å². The van der Waals surface area contributed by atoms with Crippen LogP contribution in [0.25, 0.3) is 0 Å². The van der Waals surface area contributed by atoms with E-state index in [9.17, 15) is 40.7 Å². The average Bonchev–Trinajstić information content (AvgIpc) is 3.60. The minimum atomic E-state index is -4.88. The van der Waals surface area contributed by atoms with Crippen molar-refractivity contribution in [3.8, 4) is 5.75 Å². The summed E-state index contributed by atoms with van der Waals surface area (Å²) in [6.45, 7) is 3.93. The number of hydrogen-bond donors (Lipinski definition) is 0. The summed E-state index contributed by atoms with van der Waals surface area (Å²) in [5.41, 5.74) is -3.09. The Kier molecular flexibility index (Phi) is 12.1. The topological polar surface area (TPSA) is 79.8 Å². The zero-order valence-corrected chi connectivity index (χ0v) is 30.0. The normalized spacial score (nSPS) is 20.8. The largest absolute Gasteiger partial charge is 0.474 e. The molecule has 14 heteroatoms. The molecule has 0 saturated carbocycles. The zero-order chi connectivity index (χ0) is 37.7. The van der Waals surface area contributed by atoms with Gasteiger partial charge in [-0.05, 0) is 68.6 Å². The van der Waals surface area contributed by atoms with E-state index in [0.29, 0.717) is 37.0 Å². The number of carbonyl (C=O) groups excluding carboxylic acids is 3. The Morgan fingerprint density at radius 3 is 2.27 bits per heavy atom. The minimum absolute atomic E-state index is 0.00454. The Bertz CT molecular complexity index is 1700. The van der Waals surface area contributed by atoms with E-state index < -0.39 is 51.9 Å². The molecular formula is C38H43F6N3O4S. The van der Waals surface area contributed by atoms with Crippen LogP contribution >= 0.6 is 11.3 Å². The lowest BCUT2D eigenvalue weighted by Gasteiger charge is -2.51. The number of aromatic nitrogens is 1. The zero-order valence-electron chi connectivity index (χ0n) is 29.2. The molecule has 2 aromatic heterocycles. The number of amides is 2. The van der Waals surface area contributed by atoms with Gasteiger partial charge in [0.1, 0.15) is 22.1 Å². The number of ether oxygens (including phenoxy) is 1. The van der Waals surface area contributed by atoms with Gasteiger partial charge >= 0.3 is 12.4 Å². The summed E-state index contributed by atoms with van der Waals surface area (Å²) < 4.78 is 89.6. The quantitative estimate of drug-likeness (QED) is 0.136. The number of carbonyl (C=O) groups is 3. The molecule has 52 heavy (non-hydrogen) atoms. The number of rotatable bonds is 12. The lowest BCUT2D eigenvalue weighted by atomic mass is 9.69. The number of benzene rings is 1. The summed E-state index contributed by atoms with van der Waals surface area (Å²) >= 11 is 0.411. The van der Waals surface area contributed by atoms with Gasteiger partial charge in [0.2, 0.25) is 5.60 Å². The Labute approximate surface area is 303 Å². The van der Waals surface area contributed by atoms with E-state index in [1.807, 2.05) is 18.2 Å². The highest BCUT2D eigenvalue weighted by molar-refractivity contribution is 7.10. The number of ketones is 1. The molecule has 7 nitrogen and oxygen atoms in total. The number of halogens is 6. The predicted molar refractivity (Wildman–Crippen MR) is 184 cm³/mol. The summed E-state index contributed by atoms with van der Waals surface area (Å²) in [5.74, 6) is -1.62. The molecule has 2 amide bonds. The van der Waals surface area contributed by atoms with Crippen molar-refractivity contribution in [1.29, 1.82) is 0 Å². The second kappa shape index (κ2) is 16.0. The molecule has 2 fully saturated rings. The van der Waals surface area contributed by atoms with E-state index >= 15 is 0 Å². The molecule has 0 bridgehead atoms. The number of Topliss-reactive ketones (excluding diaryl/α,β-unsaturated/α-hetero) is 1. The number of piperidine rings is 2. The number of unbranched alkanes of at least 4 members (excludes halogenated alkanes) is 1. The lowest BCUT2D eigenvalue weighted by Crippen LogP contribution is -2.68. The summed E-state index contributed by atoms with van der Waals surface area (Å²) in [7, 11) is 0. The first-order valence-electron chi connectivity index (χ1n) is 17.6.